The van der Waals surface area contributed by atoms with Crippen molar-refractivity contribution < 1.29 is 9.90 Å². The molecule has 3 nitrogen and oxygen atoms in total. The molecule has 1 aromatic carbocycles. The molecule has 0 aromatic heterocycles. The molecule has 4 heteroatoms. The summed E-state index contributed by atoms with van der Waals surface area (Å²) in [6.45, 7) is 0.798. The van der Waals surface area contributed by atoms with Crippen molar-refractivity contribution in [2.24, 2.45) is 0 Å². The maximum absolute atomic E-state index is 11.2. The van der Waals surface area contributed by atoms with E-state index in [1.807, 2.05) is 12.1 Å². The molecule has 1 N–H and O–H groups in total. The Morgan fingerprint density at radius 1 is 1.35 bits per heavy atom. The highest BCUT2D eigenvalue weighted by Gasteiger charge is 2.37. The van der Waals surface area contributed by atoms with Crippen molar-refractivity contribution in [3.8, 4) is 0 Å². The minimum Gasteiger partial charge on any atom is -0.481 e. The highest BCUT2D eigenvalue weighted by atomic mass is 79.9. The molecule has 0 bridgehead atoms. The second-order valence-electron chi connectivity index (χ2n) is 5.84. The van der Waals surface area contributed by atoms with Gasteiger partial charge < -0.3 is 5.11 Å². The summed E-state index contributed by atoms with van der Waals surface area (Å²) in [4.78, 5) is 13.5. The van der Waals surface area contributed by atoms with Crippen LogP contribution in [0.25, 0.3) is 0 Å². The lowest BCUT2D eigenvalue weighted by molar-refractivity contribution is -0.141. The van der Waals surface area contributed by atoms with Gasteiger partial charge in [0.2, 0.25) is 0 Å². The van der Waals surface area contributed by atoms with E-state index in [1.165, 1.54) is 12.0 Å². The Labute approximate surface area is 129 Å². The van der Waals surface area contributed by atoms with Gasteiger partial charge in [0, 0.05) is 16.6 Å². The maximum atomic E-state index is 11.2. The van der Waals surface area contributed by atoms with Gasteiger partial charge in [0.25, 0.3) is 0 Å². The van der Waals surface area contributed by atoms with Crippen LogP contribution in [-0.4, -0.2) is 28.6 Å². The van der Waals surface area contributed by atoms with Crippen LogP contribution in [-0.2, 0) is 11.3 Å². The number of aliphatic carboxylic acids is 1. The topological polar surface area (TPSA) is 40.5 Å². The second kappa shape index (κ2) is 6.72. The van der Waals surface area contributed by atoms with Gasteiger partial charge in [-0.15, -0.1) is 0 Å². The van der Waals surface area contributed by atoms with E-state index in [2.05, 4.69) is 40.0 Å². The van der Waals surface area contributed by atoms with Crippen molar-refractivity contribution in [2.75, 3.05) is 7.05 Å². The third-order valence-electron chi connectivity index (χ3n) is 4.38. The zero-order chi connectivity index (χ0) is 14.6. The summed E-state index contributed by atoms with van der Waals surface area (Å²) < 4.78 is 1.07. The van der Waals surface area contributed by atoms with E-state index in [0.29, 0.717) is 0 Å². The molecule has 110 valence electrons. The van der Waals surface area contributed by atoms with Crippen molar-refractivity contribution >= 4 is 21.9 Å². The van der Waals surface area contributed by atoms with Crippen molar-refractivity contribution in [2.45, 2.75) is 50.6 Å². The number of rotatable bonds is 5. The summed E-state index contributed by atoms with van der Waals surface area (Å²) in [6, 6.07) is 8.24. The zero-order valence-electron chi connectivity index (χ0n) is 11.9. The average Bonchev–Trinajstić information content (AvgIpc) is 2.39. The molecular weight excluding hydrogens is 318 g/mol. The molecule has 0 radical (unpaired) electrons. The van der Waals surface area contributed by atoms with Gasteiger partial charge in [-0.25, -0.2) is 0 Å². The summed E-state index contributed by atoms with van der Waals surface area (Å²) in [6.07, 6.45) is 5.73. The van der Waals surface area contributed by atoms with Crippen molar-refractivity contribution in [3.05, 3.63) is 34.3 Å². The number of carboxylic acids is 1. The second-order valence-corrected chi connectivity index (χ2v) is 6.76. The van der Waals surface area contributed by atoms with E-state index in [0.717, 1.165) is 36.7 Å². The highest BCUT2D eigenvalue weighted by molar-refractivity contribution is 9.10. The van der Waals surface area contributed by atoms with E-state index in [9.17, 15) is 9.90 Å². The molecule has 0 saturated heterocycles. The largest absolute Gasteiger partial charge is 0.481 e. The molecule has 0 heterocycles. The Balaban J connectivity index is 2.13. The monoisotopic (exact) mass is 339 g/mol. The Morgan fingerprint density at radius 3 is 2.65 bits per heavy atom. The van der Waals surface area contributed by atoms with E-state index in [4.69, 9.17) is 0 Å². The van der Waals surface area contributed by atoms with Crippen LogP contribution in [0.1, 0.15) is 44.1 Å². The van der Waals surface area contributed by atoms with Gasteiger partial charge in [-0.05, 0) is 37.6 Å². The normalized spacial score (nSPS) is 18.1. The average molecular weight is 340 g/mol. The molecule has 1 aliphatic rings. The molecule has 0 aliphatic heterocycles. The SMILES string of the molecule is CN(Cc1cccc(Br)c1)C1(CC(=O)O)CCCCC1. The predicted molar refractivity (Wildman–Crippen MR) is 83.7 cm³/mol. The summed E-state index contributed by atoms with van der Waals surface area (Å²) in [5.74, 6) is -0.687. The number of carboxylic acid groups (broad SMARTS) is 1. The van der Waals surface area contributed by atoms with Gasteiger partial charge >= 0.3 is 5.97 Å². The van der Waals surface area contributed by atoms with Crippen molar-refractivity contribution in [3.63, 3.8) is 0 Å². The van der Waals surface area contributed by atoms with Gasteiger partial charge in [-0.2, -0.15) is 0 Å². The fraction of sp³-hybridized carbons (Fsp3) is 0.562. The lowest BCUT2D eigenvalue weighted by Gasteiger charge is -2.44. The molecular formula is C16H22BrNO2. The lowest BCUT2D eigenvalue weighted by atomic mass is 9.78. The lowest BCUT2D eigenvalue weighted by Crippen LogP contribution is -2.49. The van der Waals surface area contributed by atoms with Gasteiger partial charge in [-0.3, -0.25) is 9.69 Å². The van der Waals surface area contributed by atoms with Gasteiger partial charge in [0.15, 0.2) is 0 Å². The Morgan fingerprint density at radius 2 is 2.05 bits per heavy atom. The van der Waals surface area contributed by atoms with Crippen molar-refractivity contribution in [1.82, 2.24) is 4.90 Å². The standard InChI is InChI=1S/C16H22BrNO2/c1-18(12-13-6-5-7-14(17)10-13)16(11-15(19)20)8-3-2-4-9-16/h5-7,10H,2-4,8-9,11-12H2,1H3,(H,19,20). The first-order chi connectivity index (χ1) is 9.52. The predicted octanol–water partition coefficient (Wildman–Crippen LogP) is 4.06. The van der Waals surface area contributed by atoms with Gasteiger partial charge in [-0.1, -0.05) is 47.3 Å². The summed E-state index contributed by atoms with van der Waals surface area (Å²) >= 11 is 3.49. The van der Waals surface area contributed by atoms with Crippen LogP contribution in [0.15, 0.2) is 28.7 Å². The third-order valence-corrected chi connectivity index (χ3v) is 4.88. The summed E-state index contributed by atoms with van der Waals surface area (Å²) in [5.41, 5.74) is 1.05. The molecule has 1 aliphatic carbocycles. The minimum atomic E-state index is -0.687. The first kappa shape index (κ1) is 15.5. The number of hydrogen-bond acceptors (Lipinski definition) is 2. The molecule has 0 atom stereocenters. The summed E-state index contributed by atoms with van der Waals surface area (Å²) in [7, 11) is 2.06. The molecule has 0 amide bonds. The van der Waals surface area contributed by atoms with Crippen molar-refractivity contribution in [1.29, 1.82) is 0 Å². The number of nitrogens with zero attached hydrogens (tertiary/aromatic N) is 1. The van der Waals surface area contributed by atoms with E-state index < -0.39 is 5.97 Å². The molecule has 20 heavy (non-hydrogen) atoms. The van der Waals surface area contributed by atoms with E-state index >= 15 is 0 Å². The minimum absolute atomic E-state index is 0.174. The number of benzene rings is 1. The van der Waals surface area contributed by atoms with Crippen LogP contribution in [0.3, 0.4) is 0 Å². The fourth-order valence-corrected chi connectivity index (χ4v) is 3.71. The van der Waals surface area contributed by atoms with Crippen LogP contribution in [0.2, 0.25) is 0 Å². The molecule has 1 aromatic rings. The van der Waals surface area contributed by atoms with Crippen LogP contribution in [0.5, 0.6) is 0 Å². The smallest absolute Gasteiger partial charge is 0.305 e. The fourth-order valence-electron chi connectivity index (χ4n) is 3.26. The zero-order valence-corrected chi connectivity index (χ0v) is 13.5. The van der Waals surface area contributed by atoms with Crippen LogP contribution in [0.4, 0.5) is 0 Å². The van der Waals surface area contributed by atoms with Crippen LogP contribution in [0, 0.1) is 0 Å². The first-order valence-corrected chi connectivity index (χ1v) is 7.99. The number of hydrogen-bond donors (Lipinski definition) is 1. The maximum Gasteiger partial charge on any atom is 0.305 e. The molecule has 0 unspecified atom stereocenters. The van der Waals surface area contributed by atoms with Crippen LogP contribution >= 0.6 is 15.9 Å². The highest BCUT2D eigenvalue weighted by Crippen LogP contribution is 2.36. The molecule has 2 rings (SSSR count). The summed E-state index contributed by atoms with van der Waals surface area (Å²) in [5, 5.41) is 9.26. The molecule has 0 spiro atoms. The quantitative estimate of drug-likeness (QED) is 0.879. The van der Waals surface area contributed by atoms with E-state index in [-0.39, 0.29) is 12.0 Å². The number of carbonyl (C=O) groups is 1. The first-order valence-electron chi connectivity index (χ1n) is 7.19. The number of halogens is 1. The van der Waals surface area contributed by atoms with E-state index in [1.54, 1.807) is 0 Å². The Kier molecular flexibility index (Phi) is 5.22. The third kappa shape index (κ3) is 3.83. The molecule has 1 fully saturated rings. The molecule has 1 saturated carbocycles. The van der Waals surface area contributed by atoms with Gasteiger partial charge in [0.05, 0.1) is 6.42 Å². The Hall–Kier alpha value is -0.870. The Bertz CT molecular complexity index is 469. The van der Waals surface area contributed by atoms with Gasteiger partial charge in [0.1, 0.15) is 0 Å². The van der Waals surface area contributed by atoms with Crippen LogP contribution < -0.4 is 0 Å².